The minimum Gasteiger partial charge on any atom is -0.477 e. The average molecular weight is 375 g/mol. The van der Waals surface area contributed by atoms with Gasteiger partial charge in [0.05, 0.1) is 11.8 Å². The Hall–Kier alpha value is -2.61. The summed E-state index contributed by atoms with van der Waals surface area (Å²) in [6.07, 6.45) is -1.05. The van der Waals surface area contributed by atoms with Gasteiger partial charge in [0.2, 0.25) is 5.91 Å². The fourth-order valence-corrected chi connectivity index (χ4v) is 4.32. The van der Waals surface area contributed by atoms with Crippen molar-refractivity contribution in [2.75, 3.05) is 5.75 Å². The Balaban J connectivity index is 1.96. The first-order chi connectivity index (χ1) is 12.4. The van der Waals surface area contributed by atoms with Gasteiger partial charge >= 0.3 is 11.9 Å². The number of amides is 1. The molecule has 0 spiro atoms. The Kier molecular flexibility index (Phi) is 5.13. The van der Waals surface area contributed by atoms with Crippen molar-refractivity contribution in [1.29, 1.82) is 0 Å². The van der Waals surface area contributed by atoms with E-state index in [9.17, 15) is 24.3 Å². The molecule has 2 aliphatic rings. The van der Waals surface area contributed by atoms with Gasteiger partial charge in [0, 0.05) is 24.7 Å². The second kappa shape index (κ2) is 7.33. The maximum atomic E-state index is 12.8. The number of ketones is 1. The highest BCUT2D eigenvalue weighted by Gasteiger charge is 2.47. The first-order valence-corrected chi connectivity index (χ1v) is 9.07. The molecule has 1 unspecified atom stereocenters. The smallest absolute Gasteiger partial charge is 0.352 e. The number of hydrogen-bond donors (Lipinski definition) is 1. The van der Waals surface area contributed by atoms with Crippen molar-refractivity contribution in [3.05, 3.63) is 47.2 Å². The van der Waals surface area contributed by atoms with E-state index in [-0.39, 0.29) is 41.1 Å². The van der Waals surface area contributed by atoms with Crippen LogP contribution in [0.1, 0.15) is 18.9 Å². The summed E-state index contributed by atoms with van der Waals surface area (Å²) in [4.78, 5) is 49.1. The van der Waals surface area contributed by atoms with Crippen molar-refractivity contribution in [2.45, 2.75) is 31.2 Å². The molecule has 2 atom stereocenters. The number of nitrogens with zero attached hydrogens (tertiary/aromatic N) is 1. The number of Topliss-reactive ketones (excluding diaryl/α,β-unsaturated/α-hetero) is 1. The SMILES string of the molecule is CC(=O)OC(C(=O)Cc1ccccc1)C1=C(C(=O)O)N2C(=O)C[C@H]2SC1. The third-order valence-corrected chi connectivity index (χ3v) is 5.44. The van der Waals surface area contributed by atoms with Crippen LogP contribution in [0.5, 0.6) is 0 Å². The standard InChI is InChI=1S/C18H17NO6S/c1-10(20)25-17(13(21)7-11-5-3-2-4-6-11)12-9-26-15-8-14(22)19(15)16(12)18(23)24/h2-6,15,17H,7-9H2,1H3,(H,23,24)/t15-,17?/m1/s1. The summed E-state index contributed by atoms with van der Waals surface area (Å²) in [7, 11) is 0. The number of aliphatic carboxylic acids is 1. The van der Waals surface area contributed by atoms with Crippen LogP contribution in [0.2, 0.25) is 0 Å². The molecule has 1 saturated heterocycles. The Morgan fingerprint density at radius 1 is 1.31 bits per heavy atom. The van der Waals surface area contributed by atoms with Gasteiger partial charge in [-0.2, -0.15) is 0 Å². The monoisotopic (exact) mass is 375 g/mol. The number of carbonyl (C=O) groups is 4. The highest BCUT2D eigenvalue weighted by molar-refractivity contribution is 8.00. The van der Waals surface area contributed by atoms with Gasteiger partial charge in [-0.1, -0.05) is 30.3 Å². The molecule has 0 aromatic heterocycles. The molecule has 2 aliphatic heterocycles. The van der Waals surface area contributed by atoms with Gasteiger partial charge in [-0.05, 0) is 5.56 Å². The fraction of sp³-hybridized carbons (Fsp3) is 0.333. The van der Waals surface area contributed by atoms with Crippen molar-refractivity contribution >= 4 is 35.4 Å². The maximum Gasteiger partial charge on any atom is 0.352 e. The second-order valence-corrected chi connectivity index (χ2v) is 7.20. The summed E-state index contributed by atoms with van der Waals surface area (Å²) in [5, 5.41) is 9.35. The molecule has 0 radical (unpaired) electrons. The van der Waals surface area contributed by atoms with Gasteiger partial charge in [-0.25, -0.2) is 4.79 Å². The van der Waals surface area contributed by atoms with Gasteiger partial charge < -0.3 is 9.84 Å². The first-order valence-electron chi connectivity index (χ1n) is 8.02. The van der Waals surface area contributed by atoms with Gasteiger partial charge in [0.25, 0.3) is 0 Å². The number of carboxylic acids is 1. The number of hydrogen-bond acceptors (Lipinski definition) is 6. The molecular formula is C18H17NO6S. The normalized spacial score (nSPS) is 20.1. The minimum absolute atomic E-state index is 0.00275. The van der Waals surface area contributed by atoms with E-state index in [0.29, 0.717) is 0 Å². The third kappa shape index (κ3) is 3.50. The number of esters is 1. The number of carbonyl (C=O) groups excluding carboxylic acids is 3. The lowest BCUT2D eigenvalue weighted by atomic mass is 9.97. The van der Waals surface area contributed by atoms with Crippen molar-refractivity contribution in [1.82, 2.24) is 4.90 Å². The first kappa shape index (κ1) is 18.2. The Morgan fingerprint density at radius 3 is 2.58 bits per heavy atom. The summed E-state index contributed by atoms with van der Waals surface area (Å²) in [6, 6.07) is 8.91. The van der Waals surface area contributed by atoms with Crippen molar-refractivity contribution in [3.63, 3.8) is 0 Å². The number of β-lactam (4-membered cyclic amide) rings is 1. The van der Waals surface area contributed by atoms with Crippen molar-refractivity contribution in [2.24, 2.45) is 0 Å². The number of carboxylic acid groups (broad SMARTS) is 1. The lowest BCUT2D eigenvalue weighted by Gasteiger charge is -2.44. The molecule has 0 aliphatic carbocycles. The van der Waals surface area contributed by atoms with Crippen LogP contribution in [0.3, 0.4) is 0 Å². The van der Waals surface area contributed by atoms with Crippen LogP contribution in [0.15, 0.2) is 41.6 Å². The summed E-state index contributed by atoms with van der Waals surface area (Å²) in [5.41, 5.74) is 0.647. The van der Waals surface area contributed by atoms with Crippen molar-refractivity contribution < 1.29 is 29.0 Å². The zero-order valence-corrected chi connectivity index (χ0v) is 14.8. The predicted octanol–water partition coefficient (Wildman–Crippen LogP) is 1.37. The highest BCUT2D eigenvalue weighted by atomic mass is 32.2. The fourth-order valence-electron chi connectivity index (χ4n) is 3.03. The Bertz CT molecular complexity index is 803. The molecule has 26 heavy (non-hydrogen) atoms. The predicted molar refractivity (Wildman–Crippen MR) is 93.1 cm³/mol. The number of thioether (sulfide) groups is 1. The van der Waals surface area contributed by atoms with Gasteiger partial charge in [-0.15, -0.1) is 11.8 Å². The van der Waals surface area contributed by atoms with E-state index in [2.05, 4.69) is 0 Å². The van der Waals surface area contributed by atoms with E-state index in [1.165, 1.54) is 16.7 Å². The molecule has 1 N–H and O–H groups in total. The van der Waals surface area contributed by atoms with Gasteiger partial charge in [0.15, 0.2) is 11.9 Å². The lowest BCUT2D eigenvalue weighted by molar-refractivity contribution is -0.151. The van der Waals surface area contributed by atoms with Crippen LogP contribution in [-0.2, 0) is 30.3 Å². The quantitative estimate of drug-likeness (QED) is 0.592. The molecule has 136 valence electrons. The summed E-state index contributed by atoms with van der Waals surface area (Å²) < 4.78 is 5.19. The van der Waals surface area contributed by atoms with E-state index < -0.39 is 23.8 Å². The van der Waals surface area contributed by atoms with Crippen molar-refractivity contribution in [3.8, 4) is 0 Å². The molecule has 8 heteroatoms. The zero-order chi connectivity index (χ0) is 18.8. The Morgan fingerprint density at radius 2 is 2.00 bits per heavy atom. The third-order valence-electron chi connectivity index (χ3n) is 4.20. The molecule has 3 rings (SSSR count). The zero-order valence-electron chi connectivity index (χ0n) is 14.0. The summed E-state index contributed by atoms with van der Waals surface area (Å²) in [6.45, 7) is 1.16. The van der Waals surface area contributed by atoms with Crippen LogP contribution < -0.4 is 0 Å². The molecule has 0 bridgehead atoms. The molecule has 2 heterocycles. The summed E-state index contributed by atoms with van der Waals surface area (Å²) in [5.74, 6) is -2.51. The van der Waals surface area contributed by atoms with Gasteiger partial charge in [-0.3, -0.25) is 19.3 Å². The molecule has 1 amide bonds. The summed E-state index contributed by atoms with van der Waals surface area (Å²) >= 11 is 1.37. The molecule has 0 saturated carbocycles. The second-order valence-electron chi connectivity index (χ2n) is 6.03. The number of rotatable bonds is 6. The van der Waals surface area contributed by atoms with E-state index >= 15 is 0 Å². The van der Waals surface area contributed by atoms with Crippen LogP contribution in [0.25, 0.3) is 0 Å². The van der Waals surface area contributed by atoms with Crippen LogP contribution in [0, 0.1) is 0 Å². The van der Waals surface area contributed by atoms with E-state index in [1.54, 1.807) is 24.3 Å². The topological polar surface area (TPSA) is 101 Å². The average Bonchev–Trinajstić information content (AvgIpc) is 2.58. The molecule has 7 nitrogen and oxygen atoms in total. The van der Waals surface area contributed by atoms with Crippen LogP contribution in [-0.4, -0.2) is 50.9 Å². The maximum absolute atomic E-state index is 12.8. The molecule has 1 aromatic rings. The van der Waals surface area contributed by atoms with Crippen LogP contribution in [0.4, 0.5) is 0 Å². The largest absolute Gasteiger partial charge is 0.477 e. The lowest BCUT2D eigenvalue weighted by Crippen LogP contribution is -2.55. The number of benzene rings is 1. The number of fused-ring (bicyclic) bond motifs is 1. The Labute approximate surface area is 154 Å². The minimum atomic E-state index is -1.32. The molecular weight excluding hydrogens is 358 g/mol. The molecule has 1 fully saturated rings. The van der Waals surface area contributed by atoms with Crippen LogP contribution >= 0.6 is 11.8 Å². The molecule has 1 aromatic carbocycles. The number of ether oxygens (including phenoxy) is 1. The highest BCUT2D eigenvalue weighted by Crippen LogP contribution is 2.41. The van der Waals surface area contributed by atoms with Gasteiger partial charge in [0.1, 0.15) is 5.70 Å². The van der Waals surface area contributed by atoms with E-state index in [4.69, 9.17) is 4.74 Å². The van der Waals surface area contributed by atoms with E-state index in [0.717, 1.165) is 12.5 Å². The van der Waals surface area contributed by atoms with E-state index in [1.807, 2.05) is 6.07 Å².